The van der Waals surface area contributed by atoms with Gasteiger partial charge in [0.15, 0.2) is 0 Å². The lowest BCUT2D eigenvalue weighted by molar-refractivity contribution is 0.0982. The number of amides is 1. The number of carbonyl (C=O) groups is 1. The summed E-state index contributed by atoms with van der Waals surface area (Å²) in [6.07, 6.45) is 1.97. The smallest absolute Gasteiger partial charge is 0.252 e. The van der Waals surface area contributed by atoms with E-state index in [-0.39, 0.29) is 16.3 Å². The van der Waals surface area contributed by atoms with Crippen molar-refractivity contribution in [3.63, 3.8) is 0 Å². The number of pyridine rings is 1. The van der Waals surface area contributed by atoms with E-state index in [1.165, 1.54) is 0 Å². The van der Waals surface area contributed by atoms with Gasteiger partial charge in [0.25, 0.3) is 5.91 Å². The standard InChI is InChI=1S/C15H13ClN4O2/c16-14-8(3-1-5-19-14)12-9(7-17)11(15(18)22)13-10(21)4-2-6-20(12)13/h1,3,5,10,21H,2,4,6H2,(H2,18,22). The molecule has 3 heterocycles. The van der Waals surface area contributed by atoms with Gasteiger partial charge in [0.2, 0.25) is 0 Å². The highest BCUT2D eigenvalue weighted by molar-refractivity contribution is 6.32. The zero-order chi connectivity index (χ0) is 15.9. The number of halogens is 1. The number of aliphatic hydroxyl groups excluding tert-OH is 1. The Morgan fingerprint density at radius 2 is 2.36 bits per heavy atom. The summed E-state index contributed by atoms with van der Waals surface area (Å²) < 4.78 is 1.76. The van der Waals surface area contributed by atoms with Crippen LogP contribution in [0.25, 0.3) is 11.3 Å². The number of nitriles is 1. The number of rotatable bonds is 2. The summed E-state index contributed by atoms with van der Waals surface area (Å²) >= 11 is 6.14. The molecule has 0 aromatic carbocycles. The number of hydrogen-bond donors (Lipinski definition) is 2. The first-order valence-electron chi connectivity index (χ1n) is 6.81. The van der Waals surface area contributed by atoms with Gasteiger partial charge in [-0.3, -0.25) is 4.79 Å². The predicted octanol–water partition coefficient (Wildman–Crippen LogP) is 2.00. The van der Waals surface area contributed by atoms with Crippen molar-refractivity contribution < 1.29 is 9.90 Å². The molecule has 0 bridgehead atoms. The van der Waals surface area contributed by atoms with E-state index in [9.17, 15) is 15.2 Å². The fourth-order valence-electron chi connectivity index (χ4n) is 3.00. The molecule has 6 nitrogen and oxygen atoms in total. The van der Waals surface area contributed by atoms with Crippen molar-refractivity contribution in [2.75, 3.05) is 0 Å². The summed E-state index contributed by atoms with van der Waals surface area (Å²) in [6, 6.07) is 5.46. The molecular weight excluding hydrogens is 304 g/mol. The molecule has 0 aliphatic carbocycles. The van der Waals surface area contributed by atoms with E-state index in [2.05, 4.69) is 4.98 Å². The minimum Gasteiger partial charge on any atom is -0.387 e. The van der Waals surface area contributed by atoms with Crippen LogP contribution in [0.3, 0.4) is 0 Å². The van der Waals surface area contributed by atoms with Crippen molar-refractivity contribution in [2.24, 2.45) is 5.73 Å². The van der Waals surface area contributed by atoms with Crippen molar-refractivity contribution in [1.29, 1.82) is 5.26 Å². The molecule has 7 heteroatoms. The topological polar surface area (TPSA) is 105 Å². The summed E-state index contributed by atoms with van der Waals surface area (Å²) in [4.78, 5) is 15.8. The molecule has 0 spiro atoms. The highest BCUT2D eigenvalue weighted by atomic mass is 35.5. The molecule has 0 fully saturated rings. The zero-order valence-electron chi connectivity index (χ0n) is 11.6. The summed E-state index contributed by atoms with van der Waals surface area (Å²) in [5.41, 5.74) is 7.08. The van der Waals surface area contributed by atoms with E-state index in [1.54, 1.807) is 22.9 Å². The molecule has 1 unspecified atom stereocenters. The Bertz CT molecular complexity index is 807. The molecule has 1 aliphatic rings. The molecule has 1 aliphatic heterocycles. The number of primary amides is 1. The highest BCUT2D eigenvalue weighted by Crippen LogP contribution is 2.40. The van der Waals surface area contributed by atoms with Crippen LogP contribution in [0.5, 0.6) is 0 Å². The molecule has 1 atom stereocenters. The molecular formula is C15H13ClN4O2. The minimum absolute atomic E-state index is 0.0737. The lowest BCUT2D eigenvalue weighted by Gasteiger charge is -2.23. The van der Waals surface area contributed by atoms with E-state index in [0.29, 0.717) is 29.9 Å². The molecule has 112 valence electrons. The fraction of sp³-hybridized carbons (Fsp3) is 0.267. The van der Waals surface area contributed by atoms with E-state index in [1.807, 2.05) is 6.07 Å². The quantitative estimate of drug-likeness (QED) is 0.826. The minimum atomic E-state index is -0.826. The number of nitrogens with zero attached hydrogens (tertiary/aromatic N) is 3. The first-order chi connectivity index (χ1) is 10.6. The van der Waals surface area contributed by atoms with Gasteiger partial charge in [-0.25, -0.2) is 4.98 Å². The van der Waals surface area contributed by atoms with Crippen LogP contribution in [0.15, 0.2) is 18.3 Å². The van der Waals surface area contributed by atoms with Gasteiger partial charge in [-0.05, 0) is 25.0 Å². The van der Waals surface area contributed by atoms with Gasteiger partial charge in [-0.1, -0.05) is 11.6 Å². The van der Waals surface area contributed by atoms with E-state index in [0.717, 1.165) is 6.42 Å². The molecule has 2 aromatic heterocycles. The maximum absolute atomic E-state index is 11.8. The van der Waals surface area contributed by atoms with Crippen LogP contribution in [-0.2, 0) is 6.54 Å². The second-order valence-corrected chi connectivity index (χ2v) is 5.47. The maximum atomic E-state index is 11.8. The van der Waals surface area contributed by atoms with Crippen LogP contribution in [0.4, 0.5) is 0 Å². The zero-order valence-corrected chi connectivity index (χ0v) is 12.3. The van der Waals surface area contributed by atoms with Gasteiger partial charge in [0, 0.05) is 18.3 Å². The van der Waals surface area contributed by atoms with Crippen molar-refractivity contribution in [3.8, 4) is 17.3 Å². The monoisotopic (exact) mass is 316 g/mol. The van der Waals surface area contributed by atoms with Crippen LogP contribution in [0, 0.1) is 11.3 Å². The normalized spacial score (nSPS) is 16.9. The van der Waals surface area contributed by atoms with Crippen molar-refractivity contribution in [2.45, 2.75) is 25.5 Å². The van der Waals surface area contributed by atoms with Gasteiger partial charge in [-0.15, -0.1) is 0 Å². The molecule has 0 radical (unpaired) electrons. The van der Waals surface area contributed by atoms with Crippen molar-refractivity contribution >= 4 is 17.5 Å². The van der Waals surface area contributed by atoms with Gasteiger partial charge in [0.1, 0.15) is 11.2 Å². The number of fused-ring (bicyclic) bond motifs is 1. The number of aromatic nitrogens is 2. The molecule has 3 N–H and O–H groups in total. The lowest BCUT2D eigenvalue weighted by Crippen LogP contribution is -2.21. The number of nitrogens with two attached hydrogens (primary N) is 1. The van der Waals surface area contributed by atoms with Gasteiger partial charge in [-0.2, -0.15) is 5.26 Å². The van der Waals surface area contributed by atoms with E-state index in [4.69, 9.17) is 17.3 Å². The van der Waals surface area contributed by atoms with Crippen LogP contribution >= 0.6 is 11.6 Å². The van der Waals surface area contributed by atoms with Gasteiger partial charge >= 0.3 is 0 Å². The van der Waals surface area contributed by atoms with Crippen molar-refractivity contribution in [3.05, 3.63) is 40.3 Å². The van der Waals surface area contributed by atoms with Crippen LogP contribution in [0.2, 0.25) is 5.15 Å². The Morgan fingerprint density at radius 3 is 3.00 bits per heavy atom. The first-order valence-corrected chi connectivity index (χ1v) is 7.19. The number of aliphatic hydroxyl groups is 1. The third kappa shape index (κ3) is 2.06. The molecule has 22 heavy (non-hydrogen) atoms. The summed E-state index contributed by atoms with van der Waals surface area (Å²) in [7, 11) is 0. The summed E-state index contributed by atoms with van der Waals surface area (Å²) in [5.74, 6) is -0.729. The number of carbonyl (C=O) groups excluding carboxylic acids is 1. The molecule has 2 aromatic rings. The Morgan fingerprint density at radius 1 is 1.59 bits per heavy atom. The van der Waals surface area contributed by atoms with Crippen LogP contribution in [0.1, 0.15) is 40.6 Å². The summed E-state index contributed by atoms with van der Waals surface area (Å²) in [5, 5.41) is 20.0. The van der Waals surface area contributed by atoms with Gasteiger partial charge in [0.05, 0.1) is 28.6 Å². The SMILES string of the molecule is N#Cc1c(C(N)=O)c2n(c1-c1cccnc1Cl)CCCC2O. The Hall–Kier alpha value is -2.36. The largest absolute Gasteiger partial charge is 0.387 e. The first kappa shape index (κ1) is 14.6. The number of hydrogen-bond acceptors (Lipinski definition) is 4. The Balaban J connectivity index is 2.41. The maximum Gasteiger partial charge on any atom is 0.252 e. The molecule has 0 saturated heterocycles. The van der Waals surface area contributed by atoms with E-state index < -0.39 is 12.0 Å². The highest BCUT2D eigenvalue weighted by Gasteiger charge is 2.33. The second kappa shape index (κ2) is 5.44. The van der Waals surface area contributed by atoms with Crippen molar-refractivity contribution in [1.82, 2.24) is 9.55 Å². The Labute approximate surface area is 131 Å². The second-order valence-electron chi connectivity index (χ2n) is 5.11. The van der Waals surface area contributed by atoms with E-state index >= 15 is 0 Å². The van der Waals surface area contributed by atoms with Gasteiger partial charge < -0.3 is 15.4 Å². The van der Waals surface area contributed by atoms with Crippen LogP contribution in [-0.4, -0.2) is 20.6 Å². The summed E-state index contributed by atoms with van der Waals surface area (Å²) in [6.45, 7) is 0.578. The third-order valence-corrected chi connectivity index (χ3v) is 4.15. The molecule has 1 amide bonds. The molecule has 3 rings (SSSR count). The Kier molecular flexibility index (Phi) is 3.61. The van der Waals surface area contributed by atoms with Crippen LogP contribution < -0.4 is 5.73 Å². The lowest BCUT2D eigenvalue weighted by atomic mass is 10.0. The third-order valence-electron chi connectivity index (χ3n) is 3.85. The predicted molar refractivity (Wildman–Crippen MR) is 80.1 cm³/mol. The average molecular weight is 317 g/mol. The average Bonchev–Trinajstić information content (AvgIpc) is 2.83. The molecule has 0 saturated carbocycles. The fourth-order valence-corrected chi connectivity index (χ4v) is 3.20.